The molecule has 1 aromatic heterocycles. The number of ether oxygens (including phenoxy) is 2. The molecule has 9 nitrogen and oxygen atoms in total. The van der Waals surface area contributed by atoms with E-state index in [4.69, 9.17) is 15.2 Å². The summed E-state index contributed by atoms with van der Waals surface area (Å²) in [5.41, 5.74) is 5.92. The Morgan fingerprint density at radius 1 is 1.06 bits per heavy atom. The van der Waals surface area contributed by atoms with Crippen molar-refractivity contribution < 1.29 is 14.3 Å². The number of benzene rings is 2. The van der Waals surface area contributed by atoms with Gasteiger partial charge in [0.05, 0.1) is 19.2 Å². The number of methoxy groups -OCH3 is 2. The van der Waals surface area contributed by atoms with Gasteiger partial charge in [-0.1, -0.05) is 42.5 Å². The summed E-state index contributed by atoms with van der Waals surface area (Å²) in [4.78, 5) is 42.4. The van der Waals surface area contributed by atoms with E-state index in [1.165, 1.54) is 16.6 Å². The van der Waals surface area contributed by atoms with E-state index >= 15 is 0 Å². The van der Waals surface area contributed by atoms with Gasteiger partial charge in [0.25, 0.3) is 11.5 Å². The van der Waals surface area contributed by atoms with Crippen molar-refractivity contribution in [3.05, 3.63) is 86.6 Å². The maximum atomic E-state index is 13.5. The van der Waals surface area contributed by atoms with Crippen molar-refractivity contribution in [1.29, 1.82) is 0 Å². The summed E-state index contributed by atoms with van der Waals surface area (Å²) in [6, 6.07) is 15.9. The molecular weight excluding hydrogens is 412 g/mol. The van der Waals surface area contributed by atoms with E-state index in [1.54, 1.807) is 31.4 Å². The van der Waals surface area contributed by atoms with Crippen LogP contribution in [0.3, 0.4) is 0 Å². The third-order valence-electron chi connectivity index (χ3n) is 4.98. The van der Waals surface area contributed by atoms with Crippen molar-refractivity contribution in [1.82, 2.24) is 9.55 Å². The van der Waals surface area contributed by atoms with Gasteiger partial charge in [0.1, 0.15) is 11.6 Å². The summed E-state index contributed by atoms with van der Waals surface area (Å²) in [6.07, 6.45) is 0.452. The zero-order valence-electron chi connectivity index (χ0n) is 18.0. The van der Waals surface area contributed by atoms with Gasteiger partial charge in [-0.3, -0.25) is 19.1 Å². The van der Waals surface area contributed by atoms with Crippen LogP contribution in [0.15, 0.2) is 64.2 Å². The lowest BCUT2D eigenvalue weighted by atomic mass is 10.1. The van der Waals surface area contributed by atoms with Gasteiger partial charge in [-0.15, -0.1) is 0 Å². The third-order valence-corrected chi connectivity index (χ3v) is 4.98. The monoisotopic (exact) mass is 438 g/mol. The molecule has 168 valence electrons. The number of carbonyl (C=O) groups is 1. The second-order valence-corrected chi connectivity index (χ2v) is 7.07. The van der Waals surface area contributed by atoms with Crippen LogP contribution >= 0.6 is 0 Å². The molecule has 0 spiro atoms. The number of nitrogens with two attached hydrogens (primary N) is 1. The summed E-state index contributed by atoms with van der Waals surface area (Å²) < 4.78 is 11.7. The maximum absolute atomic E-state index is 13.5. The number of hydrogen-bond acceptors (Lipinski definition) is 6. The number of nitrogen functional groups attached to an aromatic ring is 1. The van der Waals surface area contributed by atoms with Gasteiger partial charge in [0.15, 0.2) is 5.69 Å². The Balaban J connectivity index is 2.11. The highest BCUT2D eigenvalue weighted by molar-refractivity contribution is 6.08. The van der Waals surface area contributed by atoms with Crippen LogP contribution in [-0.4, -0.2) is 42.8 Å². The van der Waals surface area contributed by atoms with Crippen molar-refractivity contribution in [2.75, 3.05) is 38.0 Å². The number of hydrogen-bond donors (Lipinski definition) is 2. The number of anilines is 2. The number of amides is 1. The highest BCUT2D eigenvalue weighted by Crippen LogP contribution is 2.25. The van der Waals surface area contributed by atoms with E-state index in [2.05, 4.69) is 4.98 Å². The lowest BCUT2D eigenvalue weighted by Crippen LogP contribution is -2.42. The van der Waals surface area contributed by atoms with E-state index in [0.717, 1.165) is 5.56 Å². The largest absolute Gasteiger partial charge is 0.496 e. The number of nitrogens with zero attached hydrogens (tertiary/aromatic N) is 2. The average molecular weight is 438 g/mol. The van der Waals surface area contributed by atoms with Crippen molar-refractivity contribution in [3.8, 4) is 5.75 Å². The van der Waals surface area contributed by atoms with E-state index in [-0.39, 0.29) is 30.2 Å². The average Bonchev–Trinajstić information content (AvgIpc) is 2.81. The molecule has 0 aliphatic rings. The van der Waals surface area contributed by atoms with Crippen LogP contribution in [0.5, 0.6) is 5.75 Å². The molecule has 0 radical (unpaired) electrons. The Bertz CT molecular complexity index is 1190. The number of para-hydroxylation sites is 1. The fourth-order valence-corrected chi connectivity index (χ4v) is 3.41. The first kappa shape index (κ1) is 22.8. The molecule has 3 aromatic rings. The normalized spacial score (nSPS) is 10.7. The number of carbonyl (C=O) groups excluding carboxylic acids is 1. The molecule has 9 heteroatoms. The van der Waals surface area contributed by atoms with Gasteiger partial charge in [-0.2, -0.15) is 0 Å². The molecule has 0 atom stereocenters. The van der Waals surface area contributed by atoms with Crippen molar-refractivity contribution >= 4 is 17.4 Å². The van der Waals surface area contributed by atoms with Gasteiger partial charge in [0.2, 0.25) is 0 Å². The molecule has 0 saturated carbocycles. The molecule has 1 heterocycles. The number of nitrogens with one attached hydrogen (secondary N) is 1. The molecule has 3 rings (SSSR count). The minimum Gasteiger partial charge on any atom is -0.496 e. The summed E-state index contributed by atoms with van der Waals surface area (Å²) in [5, 5.41) is 0. The second-order valence-electron chi connectivity index (χ2n) is 7.07. The van der Waals surface area contributed by atoms with Crippen LogP contribution in [0.25, 0.3) is 0 Å². The molecule has 0 aliphatic carbocycles. The predicted molar refractivity (Wildman–Crippen MR) is 122 cm³/mol. The number of aromatic nitrogens is 2. The highest BCUT2D eigenvalue weighted by atomic mass is 16.5. The zero-order chi connectivity index (χ0) is 23.1. The second kappa shape index (κ2) is 10.5. The Hall–Kier alpha value is -3.85. The first-order valence-electron chi connectivity index (χ1n) is 10.1. The fraction of sp³-hybridized carbons (Fsp3) is 0.261. The Morgan fingerprint density at radius 3 is 2.44 bits per heavy atom. The SMILES string of the molecule is COCCCN(C(=O)c1ccccc1OC)c1c(N)n(Cc2ccccc2)c(=O)[nH]c1=O. The number of rotatable bonds is 9. The van der Waals surface area contributed by atoms with E-state index in [1.807, 2.05) is 30.3 Å². The molecule has 32 heavy (non-hydrogen) atoms. The highest BCUT2D eigenvalue weighted by Gasteiger charge is 2.27. The standard InChI is InChI=1S/C23H26N4O5/c1-31-14-8-13-26(22(29)17-11-6-7-12-18(17)32-2)19-20(24)27(23(30)25-21(19)28)15-16-9-4-3-5-10-16/h3-7,9-12H,8,13-15,24H2,1-2H3,(H,25,28,30). The summed E-state index contributed by atoms with van der Waals surface area (Å²) in [6.45, 7) is 0.669. The molecule has 0 bridgehead atoms. The van der Waals surface area contributed by atoms with Crippen LogP contribution in [0.2, 0.25) is 0 Å². The molecule has 2 aromatic carbocycles. The Morgan fingerprint density at radius 2 is 1.75 bits per heavy atom. The number of H-pyrrole nitrogens is 1. The summed E-state index contributed by atoms with van der Waals surface area (Å²) in [5.74, 6) is -0.203. The van der Waals surface area contributed by atoms with Crippen LogP contribution in [0.1, 0.15) is 22.3 Å². The van der Waals surface area contributed by atoms with Crippen molar-refractivity contribution in [2.45, 2.75) is 13.0 Å². The lowest BCUT2D eigenvalue weighted by molar-refractivity contribution is 0.0980. The van der Waals surface area contributed by atoms with Gasteiger partial charge in [0, 0.05) is 20.3 Å². The molecule has 3 N–H and O–H groups in total. The predicted octanol–water partition coefficient (Wildman–Crippen LogP) is 1.86. The van der Waals surface area contributed by atoms with Crippen molar-refractivity contribution in [3.63, 3.8) is 0 Å². The van der Waals surface area contributed by atoms with Crippen molar-refractivity contribution in [2.24, 2.45) is 0 Å². The smallest absolute Gasteiger partial charge is 0.330 e. The molecule has 0 saturated heterocycles. The first-order valence-corrected chi connectivity index (χ1v) is 10.1. The Kier molecular flexibility index (Phi) is 7.45. The van der Waals surface area contributed by atoms with Gasteiger partial charge in [-0.25, -0.2) is 4.79 Å². The zero-order valence-corrected chi connectivity index (χ0v) is 18.0. The fourth-order valence-electron chi connectivity index (χ4n) is 3.41. The summed E-state index contributed by atoms with van der Waals surface area (Å²) in [7, 11) is 3.01. The Labute approximate surface area is 185 Å². The van der Waals surface area contributed by atoms with E-state index in [0.29, 0.717) is 18.8 Å². The van der Waals surface area contributed by atoms with Crippen LogP contribution in [-0.2, 0) is 11.3 Å². The van der Waals surface area contributed by atoms with Gasteiger partial charge >= 0.3 is 5.69 Å². The minimum absolute atomic E-state index is 0.0902. The van der Waals surface area contributed by atoms with E-state index in [9.17, 15) is 14.4 Å². The summed E-state index contributed by atoms with van der Waals surface area (Å²) >= 11 is 0. The van der Waals surface area contributed by atoms with Gasteiger partial charge in [-0.05, 0) is 24.1 Å². The third kappa shape index (κ3) is 4.89. The first-order chi connectivity index (χ1) is 15.5. The van der Waals surface area contributed by atoms with E-state index < -0.39 is 17.2 Å². The van der Waals surface area contributed by atoms with Crippen LogP contribution in [0.4, 0.5) is 11.5 Å². The number of aromatic amines is 1. The maximum Gasteiger partial charge on any atom is 0.330 e. The quantitative estimate of drug-likeness (QED) is 0.492. The molecular formula is C23H26N4O5. The van der Waals surface area contributed by atoms with Gasteiger partial charge < -0.3 is 20.1 Å². The van der Waals surface area contributed by atoms with Crippen LogP contribution < -0.4 is 26.6 Å². The lowest BCUT2D eigenvalue weighted by Gasteiger charge is -2.25. The molecule has 0 unspecified atom stereocenters. The molecule has 1 amide bonds. The molecule has 0 fully saturated rings. The van der Waals surface area contributed by atoms with Crippen LogP contribution in [0, 0.1) is 0 Å². The minimum atomic E-state index is -0.738. The molecule has 0 aliphatic heterocycles. The topological polar surface area (TPSA) is 120 Å².